The van der Waals surface area contributed by atoms with Crippen LogP contribution < -0.4 is 5.32 Å². The van der Waals surface area contributed by atoms with E-state index in [-0.39, 0.29) is 11.0 Å². The summed E-state index contributed by atoms with van der Waals surface area (Å²) >= 11 is 0. The summed E-state index contributed by atoms with van der Waals surface area (Å²) in [7, 11) is 0. The smallest absolute Gasteiger partial charge is 0.0620 e. The zero-order valence-corrected chi connectivity index (χ0v) is 18.2. The topological polar surface area (TPSA) is 12.0 Å². The van der Waals surface area contributed by atoms with Gasteiger partial charge in [0.2, 0.25) is 0 Å². The molecular formula is C27H35N. The van der Waals surface area contributed by atoms with E-state index in [0.717, 1.165) is 12.8 Å². The monoisotopic (exact) mass is 373 g/mol. The molecule has 3 aromatic carbocycles. The predicted octanol–water partition coefficient (Wildman–Crippen LogP) is 8.04. The van der Waals surface area contributed by atoms with Crippen LogP contribution in [0.2, 0.25) is 0 Å². The summed E-state index contributed by atoms with van der Waals surface area (Å²) in [5, 5.41) is 6.51. The van der Waals surface area contributed by atoms with Gasteiger partial charge in [-0.05, 0) is 53.7 Å². The summed E-state index contributed by atoms with van der Waals surface area (Å²) < 4.78 is 0. The second-order valence-corrected chi connectivity index (χ2v) is 8.29. The van der Waals surface area contributed by atoms with Gasteiger partial charge in [-0.3, -0.25) is 0 Å². The Labute approximate surface area is 171 Å². The van der Waals surface area contributed by atoms with E-state index in [1.54, 1.807) is 0 Å². The molecule has 0 aromatic heterocycles. The number of fused-ring (bicyclic) bond motifs is 1. The van der Waals surface area contributed by atoms with Crippen molar-refractivity contribution >= 4 is 16.5 Å². The van der Waals surface area contributed by atoms with Crippen molar-refractivity contribution in [1.82, 2.24) is 0 Å². The number of nitrogens with one attached hydrogen (secondary N) is 1. The molecule has 0 fully saturated rings. The molecule has 1 N–H and O–H groups in total. The zero-order valence-electron chi connectivity index (χ0n) is 18.2. The molecule has 0 radical (unpaired) electrons. The second-order valence-electron chi connectivity index (χ2n) is 8.29. The fourth-order valence-electron chi connectivity index (χ4n) is 4.35. The minimum Gasteiger partial charge on any atom is -0.375 e. The third kappa shape index (κ3) is 3.68. The standard InChI is InChI=1S/C27H35N/c1-6-26(5,7-2)22-17-19-23(20-18-22)27(8-3,9-4)28-25-16-12-14-21-13-10-11-15-24(21)25/h10-20,28H,6-9H2,1-5H3. The molecule has 0 saturated carbocycles. The van der Waals surface area contributed by atoms with Crippen molar-refractivity contribution in [2.45, 2.75) is 71.3 Å². The molecule has 0 unspecified atom stereocenters. The molecule has 0 bridgehead atoms. The highest BCUT2D eigenvalue weighted by Gasteiger charge is 2.30. The van der Waals surface area contributed by atoms with E-state index in [2.05, 4.69) is 107 Å². The van der Waals surface area contributed by atoms with Crippen molar-refractivity contribution in [1.29, 1.82) is 0 Å². The van der Waals surface area contributed by atoms with Crippen LogP contribution in [-0.4, -0.2) is 0 Å². The Balaban J connectivity index is 2.00. The third-order valence-electron chi connectivity index (χ3n) is 7.07. The average molecular weight is 374 g/mol. The predicted molar refractivity (Wildman–Crippen MR) is 124 cm³/mol. The first-order valence-electron chi connectivity index (χ1n) is 10.9. The Morgan fingerprint density at radius 1 is 0.643 bits per heavy atom. The molecule has 0 amide bonds. The molecule has 3 rings (SSSR count). The van der Waals surface area contributed by atoms with Gasteiger partial charge in [-0.15, -0.1) is 0 Å². The van der Waals surface area contributed by atoms with Crippen LogP contribution in [-0.2, 0) is 11.0 Å². The highest BCUT2D eigenvalue weighted by atomic mass is 15.0. The maximum absolute atomic E-state index is 3.94. The molecule has 0 aliphatic carbocycles. The van der Waals surface area contributed by atoms with Crippen molar-refractivity contribution in [3.8, 4) is 0 Å². The number of hydrogen-bond donors (Lipinski definition) is 1. The molecular weight excluding hydrogens is 338 g/mol. The molecule has 0 spiro atoms. The summed E-state index contributed by atoms with van der Waals surface area (Å²) in [6.07, 6.45) is 4.43. The largest absolute Gasteiger partial charge is 0.375 e. The van der Waals surface area contributed by atoms with Gasteiger partial charge < -0.3 is 5.32 Å². The zero-order chi connectivity index (χ0) is 20.2. The van der Waals surface area contributed by atoms with E-state index in [1.165, 1.54) is 40.4 Å². The molecule has 0 atom stereocenters. The maximum atomic E-state index is 3.94. The van der Waals surface area contributed by atoms with Crippen LogP contribution in [0, 0.1) is 0 Å². The minimum atomic E-state index is -0.0581. The normalized spacial score (nSPS) is 12.3. The minimum absolute atomic E-state index is 0.0581. The molecule has 148 valence electrons. The summed E-state index contributed by atoms with van der Waals surface area (Å²) in [5.41, 5.74) is 4.26. The fourth-order valence-corrected chi connectivity index (χ4v) is 4.35. The van der Waals surface area contributed by atoms with Gasteiger partial charge in [0.05, 0.1) is 5.54 Å². The van der Waals surface area contributed by atoms with Gasteiger partial charge in [-0.2, -0.15) is 0 Å². The summed E-state index contributed by atoms with van der Waals surface area (Å²) in [5.74, 6) is 0. The van der Waals surface area contributed by atoms with Crippen LogP contribution in [0.3, 0.4) is 0 Å². The summed E-state index contributed by atoms with van der Waals surface area (Å²) in [6.45, 7) is 11.5. The maximum Gasteiger partial charge on any atom is 0.0620 e. The number of hydrogen-bond acceptors (Lipinski definition) is 1. The lowest BCUT2D eigenvalue weighted by atomic mass is 9.76. The molecule has 0 heterocycles. The van der Waals surface area contributed by atoms with Crippen LogP contribution in [0.4, 0.5) is 5.69 Å². The first-order chi connectivity index (χ1) is 13.5. The molecule has 3 aromatic rings. The van der Waals surface area contributed by atoms with Crippen molar-refractivity contribution in [2.24, 2.45) is 0 Å². The molecule has 0 aliphatic rings. The van der Waals surface area contributed by atoms with Crippen LogP contribution in [0.5, 0.6) is 0 Å². The van der Waals surface area contributed by atoms with Gasteiger partial charge in [-0.25, -0.2) is 0 Å². The molecule has 0 aliphatic heterocycles. The lowest BCUT2D eigenvalue weighted by molar-refractivity contribution is 0.435. The summed E-state index contributed by atoms with van der Waals surface area (Å²) in [6, 6.07) is 24.6. The van der Waals surface area contributed by atoms with E-state index >= 15 is 0 Å². The van der Waals surface area contributed by atoms with Gasteiger partial charge in [0.25, 0.3) is 0 Å². The van der Waals surface area contributed by atoms with Crippen LogP contribution in [0.15, 0.2) is 66.7 Å². The highest BCUT2D eigenvalue weighted by molar-refractivity contribution is 5.94. The van der Waals surface area contributed by atoms with E-state index in [9.17, 15) is 0 Å². The van der Waals surface area contributed by atoms with Gasteiger partial charge in [0, 0.05) is 11.1 Å². The molecule has 1 heteroatoms. The van der Waals surface area contributed by atoms with Crippen molar-refractivity contribution in [3.63, 3.8) is 0 Å². The first kappa shape index (κ1) is 20.5. The molecule has 28 heavy (non-hydrogen) atoms. The third-order valence-corrected chi connectivity index (χ3v) is 7.07. The van der Waals surface area contributed by atoms with E-state index < -0.39 is 0 Å². The number of anilines is 1. The quantitative estimate of drug-likeness (QED) is 0.421. The van der Waals surface area contributed by atoms with Gasteiger partial charge >= 0.3 is 0 Å². The molecule has 1 nitrogen and oxygen atoms in total. The summed E-state index contributed by atoms with van der Waals surface area (Å²) in [4.78, 5) is 0. The highest BCUT2D eigenvalue weighted by Crippen LogP contribution is 2.37. The van der Waals surface area contributed by atoms with Crippen LogP contribution >= 0.6 is 0 Å². The van der Waals surface area contributed by atoms with E-state index in [1.807, 2.05) is 0 Å². The van der Waals surface area contributed by atoms with E-state index in [4.69, 9.17) is 0 Å². The number of rotatable bonds is 8. The Morgan fingerprint density at radius 3 is 1.82 bits per heavy atom. The Kier molecular flexibility index (Phi) is 6.13. The Morgan fingerprint density at radius 2 is 1.21 bits per heavy atom. The van der Waals surface area contributed by atoms with Gasteiger partial charge in [-0.1, -0.05) is 95.3 Å². The molecule has 0 saturated heterocycles. The Hall–Kier alpha value is -2.28. The fraction of sp³-hybridized carbons (Fsp3) is 0.407. The first-order valence-corrected chi connectivity index (χ1v) is 10.9. The van der Waals surface area contributed by atoms with Crippen LogP contribution in [0.1, 0.15) is 71.4 Å². The van der Waals surface area contributed by atoms with Crippen LogP contribution in [0.25, 0.3) is 10.8 Å². The SMILES string of the molecule is CCC(C)(CC)c1ccc(C(CC)(CC)Nc2cccc3ccccc23)cc1. The van der Waals surface area contributed by atoms with Gasteiger partial charge in [0.1, 0.15) is 0 Å². The van der Waals surface area contributed by atoms with E-state index in [0.29, 0.717) is 0 Å². The van der Waals surface area contributed by atoms with Crippen molar-refractivity contribution < 1.29 is 0 Å². The lowest BCUT2D eigenvalue weighted by Gasteiger charge is -2.36. The number of benzene rings is 3. The average Bonchev–Trinajstić information content (AvgIpc) is 2.77. The van der Waals surface area contributed by atoms with Crippen molar-refractivity contribution in [2.75, 3.05) is 5.32 Å². The second kappa shape index (κ2) is 8.39. The lowest BCUT2D eigenvalue weighted by Crippen LogP contribution is -2.34. The van der Waals surface area contributed by atoms with Gasteiger partial charge in [0.15, 0.2) is 0 Å². The van der Waals surface area contributed by atoms with Crippen molar-refractivity contribution in [3.05, 3.63) is 77.9 Å². The Bertz CT molecular complexity index is 894.